The van der Waals surface area contributed by atoms with Crippen molar-refractivity contribution in [3.63, 3.8) is 0 Å². The lowest BCUT2D eigenvalue weighted by Crippen LogP contribution is -2.41. The number of rotatable bonds is 3. The van der Waals surface area contributed by atoms with Gasteiger partial charge in [-0.3, -0.25) is 14.2 Å². The number of hydrogen-bond acceptors (Lipinski definition) is 5. The number of fused-ring (bicyclic) bond motifs is 1. The zero-order chi connectivity index (χ0) is 15.7. The van der Waals surface area contributed by atoms with Crippen molar-refractivity contribution in [3.8, 4) is 5.88 Å². The molecule has 118 valence electrons. The van der Waals surface area contributed by atoms with Gasteiger partial charge in [0.05, 0.1) is 11.6 Å². The average molecular weight is 304 g/mol. The zero-order valence-electron chi connectivity index (χ0n) is 12.8. The molecule has 1 fully saturated rings. The summed E-state index contributed by atoms with van der Waals surface area (Å²) in [5, 5.41) is 3.26. The van der Waals surface area contributed by atoms with Gasteiger partial charge in [-0.05, 0) is 45.8 Å². The summed E-state index contributed by atoms with van der Waals surface area (Å²) in [5.74, 6) is 0.455. The molecule has 0 aliphatic carbocycles. The summed E-state index contributed by atoms with van der Waals surface area (Å²) in [6.45, 7) is 5.48. The first-order valence-electron chi connectivity index (χ1n) is 7.59. The van der Waals surface area contributed by atoms with Crippen molar-refractivity contribution in [2.45, 2.75) is 38.8 Å². The van der Waals surface area contributed by atoms with Crippen molar-refractivity contribution in [1.82, 2.24) is 19.9 Å². The van der Waals surface area contributed by atoms with Crippen LogP contribution in [0.1, 0.15) is 32.7 Å². The largest absolute Gasteiger partial charge is 0.475 e. The lowest BCUT2D eigenvalue weighted by molar-refractivity contribution is 0.233. The molecule has 2 aromatic rings. The van der Waals surface area contributed by atoms with E-state index in [1.165, 1.54) is 4.57 Å². The van der Waals surface area contributed by atoms with Gasteiger partial charge in [-0.15, -0.1) is 0 Å². The highest BCUT2D eigenvalue weighted by Crippen LogP contribution is 2.21. The summed E-state index contributed by atoms with van der Waals surface area (Å²) >= 11 is 0. The summed E-state index contributed by atoms with van der Waals surface area (Å²) < 4.78 is 7.13. The van der Waals surface area contributed by atoms with E-state index in [1.807, 2.05) is 13.8 Å². The molecule has 0 unspecified atom stereocenters. The van der Waals surface area contributed by atoms with Crippen LogP contribution in [0.4, 0.5) is 0 Å². The second kappa shape index (κ2) is 5.92. The van der Waals surface area contributed by atoms with Crippen LogP contribution in [0.2, 0.25) is 0 Å². The Morgan fingerprint density at radius 3 is 2.68 bits per heavy atom. The van der Waals surface area contributed by atoms with E-state index in [1.54, 1.807) is 12.1 Å². The summed E-state index contributed by atoms with van der Waals surface area (Å²) in [6.07, 6.45) is 1.59. The number of H-pyrrole nitrogens is 1. The Morgan fingerprint density at radius 1 is 1.27 bits per heavy atom. The fourth-order valence-corrected chi connectivity index (χ4v) is 2.80. The van der Waals surface area contributed by atoms with E-state index in [-0.39, 0.29) is 12.1 Å². The van der Waals surface area contributed by atoms with E-state index in [2.05, 4.69) is 15.3 Å². The average Bonchev–Trinajstić information content (AvgIpc) is 2.49. The Hall–Kier alpha value is -2.15. The Morgan fingerprint density at radius 2 is 2.00 bits per heavy atom. The van der Waals surface area contributed by atoms with Gasteiger partial charge in [0.1, 0.15) is 0 Å². The standard InChI is InChI=1S/C15H20N4O3/c1-9(2)22-12-4-3-11-13(18-12)19(15(21)14(20)17-11)10-5-7-16-8-6-10/h3-4,9-10,16H,5-8H2,1-2H3,(H,17,20). The Balaban J connectivity index is 2.19. The van der Waals surface area contributed by atoms with Gasteiger partial charge in [0.15, 0.2) is 5.65 Å². The highest BCUT2D eigenvalue weighted by Gasteiger charge is 2.21. The molecular formula is C15H20N4O3. The molecule has 7 nitrogen and oxygen atoms in total. The Labute approximate surface area is 127 Å². The third-order valence-corrected chi connectivity index (χ3v) is 3.77. The predicted octanol–water partition coefficient (Wildman–Crippen LogP) is 0.796. The predicted molar refractivity (Wildman–Crippen MR) is 83.5 cm³/mol. The van der Waals surface area contributed by atoms with Crippen molar-refractivity contribution in [2.24, 2.45) is 0 Å². The summed E-state index contributed by atoms with van der Waals surface area (Å²) in [4.78, 5) is 31.3. The minimum absolute atomic E-state index is 0.00763. The van der Waals surface area contributed by atoms with Crippen molar-refractivity contribution < 1.29 is 4.74 Å². The number of ether oxygens (including phenoxy) is 1. The summed E-state index contributed by atoms with van der Waals surface area (Å²) in [6, 6.07) is 3.42. The Bertz CT molecular complexity index is 787. The van der Waals surface area contributed by atoms with Crippen LogP contribution < -0.4 is 21.2 Å². The Kier molecular flexibility index (Phi) is 3.98. The van der Waals surface area contributed by atoms with E-state index in [0.29, 0.717) is 17.0 Å². The fourth-order valence-electron chi connectivity index (χ4n) is 2.80. The third-order valence-electron chi connectivity index (χ3n) is 3.77. The first-order valence-corrected chi connectivity index (χ1v) is 7.59. The van der Waals surface area contributed by atoms with E-state index >= 15 is 0 Å². The molecule has 1 aliphatic heterocycles. The summed E-state index contributed by atoms with van der Waals surface area (Å²) in [5.41, 5.74) is -0.118. The SMILES string of the molecule is CC(C)Oc1ccc2[nH]c(=O)c(=O)n(C3CCNCC3)c2n1. The van der Waals surface area contributed by atoms with Crippen molar-refractivity contribution in [2.75, 3.05) is 13.1 Å². The first-order chi connectivity index (χ1) is 10.6. The quantitative estimate of drug-likeness (QED) is 0.819. The molecular weight excluding hydrogens is 284 g/mol. The number of piperidine rings is 1. The maximum atomic E-state index is 12.3. The highest BCUT2D eigenvalue weighted by molar-refractivity contribution is 5.70. The smallest absolute Gasteiger partial charge is 0.318 e. The molecule has 22 heavy (non-hydrogen) atoms. The molecule has 0 aromatic carbocycles. The van der Waals surface area contributed by atoms with Gasteiger partial charge in [-0.25, -0.2) is 0 Å². The van der Waals surface area contributed by atoms with E-state index < -0.39 is 11.1 Å². The lowest BCUT2D eigenvalue weighted by atomic mass is 10.1. The molecule has 0 radical (unpaired) electrons. The van der Waals surface area contributed by atoms with Crippen LogP contribution >= 0.6 is 0 Å². The molecule has 0 bridgehead atoms. The number of nitrogens with zero attached hydrogens (tertiary/aromatic N) is 2. The van der Waals surface area contributed by atoms with Crippen LogP contribution in [-0.4, -0.2) is 33.7 Å². The molecule has 2 N–H and O–H groups in total. The van der Waals surface area contributed by atoms with E-state index in [9.17, 15) is 9.59 Å². The highest BCUT2D eigenvalue weighted by atomic mass is 16.5. The molecule has 0 atom stereocenters. The molecule has 7 heteroatoms. The minimum Gasteiger partial charge on any atom is -0.475 e. The van der Waals surface area contributed by atoms with E-state index in [0.717, 1.165) is 25.9 Å². The summed E-state index contributed by atoms with van der Waals surface area (Å²) in [7, 11) is 0. The van der Waals surface area contributed by atoms with Gasteiger partial charge in [-0.2, -0.15) is 4.98 Å². The molecule has 0 saturated carbocycles. The zero-order valence-corrected chi connectivity index (χ0v) is 12.8. The van der Waals surface area contributed by atoms with Gasteiger partial charge in [0.25, 0.3) is 0 Å². The van der Waals surface area contributed by atoms with Crippen molar-refractivity contribution in [3.05, 3.63) is 32.8 Å². The second-order valence-electron chi connectivity index (χ2n) is 5.80. The second-order valence-corrected chi connectivity index (χ2v) is 5.80. The van der Waals surface area contributed by atoms with Crippen LogP contribution in [0.25, 0.3) is 11.2 Å². The maximum absolute atomic E-state index is 12.3. The number of hydrogen-bond donors (Lipinski definition) is 2. The molecule has 1 saturated heterocycles. The lowest BCUT2D eigenvalue weighted by Gasteiger charge is -2.25. The fraction of sp³-hybridized carbons (Fsp3) is 0.533. The topological polar surface area (TPSA) is 89.0 Å². The number of aromatic amines is 1. The molecule has 1 aliphatic rings. The molecule has 0 amide bonds. The molecule has 3 heterocycles. The number of pyridine rings is 1. The molecule has 0 spiro atoms. The van der Waals surface area contributed by atoms with Crippen LogP contribution in [0, 0.1) is 0 Å². The number of nitrogens with one attached hydrogen (secondary N) is 2. The van der Waals surface area contributed by atoms with Crippen LogP contribution in [0.15, 0.2) is 21.7 Å². The number of aromatic nitrogens is 3. The normalized spacial score (nSPS) is 16.3. The maximum Gasteiger partial charge on any atom is 0.318 e. The molecule has 2 aromatic heterocycles. The minimum atomic E-state index is -0.606. The van der Waals surface area contributed by atoms with Crippen LogP contribution in [-0.2, 0) is 0 Å². The van der Waals surface area contributed by atoms with Crippen LogP contribution in [0.3, 0.4) is 0 Å². The van der Waals surface area contributed by atoms with Crippen LogP contribution in [0.5, 0.6) is 5.88 Å². The van der Waals surface area contributed by atoms with Gasteiger partial charge in [0, 0.05) is 12.1 Å². The molecule has 3 rings (SSSR count). The van der Waals surface area contributed by atoms with Crippen molar-refractivity contribution in [1.29, 1.82) is 0 Å². The van der Waals surface area contributed by atoms with Gasteiger partial charge in [-0.1, -0.05) is 0 Å². The van der Waals surface area contributed by atoms with E-state index in [4.69, 9.17) is 4.74 Å². The van der Waals surface area contributed by atoms with Gasteiger partial charge < -0.3 is 15.0 Å². The van der Waals surface area contributed by atoms with Crippen molar-refractivity contribution >= 4 is 11.2 Å². The van der Waals surface area contributed by atoms with Gasteiger partial charge >= 0.3 is 11.1 Å². The monoisotopic (exact) mass is 304 g/mol. The van der Waals surface area contributed by atoms with Gasteiger partial charge in [0.2, 0.25) is 5.88 Å². The first kappa shape index (κ1) is 14.8. The third kappa shape index (κ3) is 2.76.